The van der Waals surface area contributed by atoms with Crippen LogP contribution in [0.4, 0.5) is 4.39 Å². The minimum Gasteiger partial charge on any atom is -0.328 e. The van der Waals surface area contributed by atoms with Gasteiger partial charge in [-0.15, -0.1) is 0 Å². The van der Waals surface area contributed by atoms with E-state index in [-0.39, 0.29) is 13.0 Å². The summed E-state index contributed by atoms with van der Waals surface area (Å²) in [5, 5.41) is 0.864. The average Bonchev–Trinajstić information content (AvgIpc) is 2.13. The molecule has 0 aliphatic heterocycles. The summed E-state index contributed by atoms with van der Waals surface area (Å²) in [6.45, 7) is 0.00282. The standard InChI is InChI=1S/C9H10Cl2FN/c10-8-3-1-2-6(9(8)11)4-7(12)5-13/h1-3,7H,4-5,13H2. The molecule has 1 aromatic carbocycles. The van der Waals surface area contributed by atoms with Crippen molar-refractivity contribution in [3.8, 4) is 0 Å². The largest absolute Gasteiger partial charge is 0.328 e. The maximum Gasteiger partial charge on any atom is 0.116 e. The van der Waals surface area contributed by atoms with Crippen molar-refractivity contribution in [2.75, 3.05) is 6.54 Å². The Hall–Kier alpha value is -0.310. The highest BCUT2D eigenvalue weighted by molar-refractivity contribution is 6.42. The van der Waals surface area contributed by atoms with Gasteiger partial charge in [0.15, 0.2) is 0 Å². The average molecular weight is 222 g/mol. The zero-order valence-corrected chi connectivity index (χ0v) is 8.45. The van der Waals surface area contributed by atoms with Crippen LogP contribution in [0.5, 0.6) is 0 Å². The van der Waals surface area contributed by atoms with E-state index in [4.69, 9.17) is 28.9 Å². The molecule has 0 bridgehead atoms. The zero-order chi connectivity index (χ0) is 9.84. The Balaban J connectivity index is 2.83. The van der Waals surface area contributed by atoms with E-state index >= 15 is 0 Å². The van der Waals surface area contributed by atoms with E-state index in [0.717, 1.165) is 0 Å². The molecule has 0 aliphatic carbocycles. The quantitative estimate of drug-likeness (QED) is 0.835. The SMILES string of the molecule is NCC(F)Cc1cccc(Cl)c1Cl. The van der Waals surface area contributed by atoms with Gasteiger partial charge in [-0.3, -0.25) is 0 Å². The lowest BCUT2D eigenvalue weighted by Gasteiger charge is -2.07. The van der Waals surface area contributed by atoms with Gasteiger partial charge in [-0.05, 0) is 11.6 Å². The first-order chi connectivity index (χ1) is 6.15. The Morgan fingerprint density at radius 3 is 2.69 bits per heavy atom. The van der Waals surface area contributed by atoms with Crippen molar-refractivity contribution in [1.29, 1.82) is 0 Å². The van der Waals surface area contributed by atoms with Crippen LogP contribution in [0, 0.1) is 0 Å². The summed E-state index contributed by atoms with van der Waals surface area (Å²) in [4.78, 5) is 0. The maximum atomic E-state index is 12.9. The lowest BCUT2D eigenvalue weighted by molar-refractivity contribution is 0.340. The number of halogens is 3. The minimum absolute atomic E-state index is 0.00282. The molecule has 1 aromatic rings. The van der Waals surface area contributed by atoms with Crippen molar-refractivity contribution >= 4 is 23.2 Å². The molecule has 0 radical (unpaired) electrons. The molecule has 0 spiro atoms. The molecule has 0 amide bonds. The molecular weight excluding hydrogens is 212 g/mol. The molecule has 1 nitrogen and oxygen atoms in total. The molecular formula is C9H10Cl2FN. The van der Waals surface area contributed by atoms with Crippen LogP contribution in [0.15, 0.2) is 18.2 Å². The fourth-order valence-corrected chi connectivity index (χ4v) is 1.43. The normalized spacial score (nSPS) is 12.9. The molecule has 0 aromatic heterocycles. The fraction of sp³-hybridized carbons (Fsp3) is 0.333. The second-order valence-corrected chi connectivity index (χ2v) is 3.54. The third-order valence-electron chi connectivity index (χ3n) is 1.73. The monoisotopic (exact) mass is 221 g/mol. The maximum absolute atomic E-state index is 12.9. The minimum atomic E-state index is -1.06. The number of hydrogen-bond donors (Lipinski definition) is 1. The van der Waals surface area contributed by atoms with Crippen LogP contribution in [0.3, 0.4) is 0 Å². The topological polar surface area (TPSA) is 26.0 Å². The lowest BCUT2D eigenvalue weighted by atomic mass is 10.1. The van der Waals surface area contributed by atoms with Crippen LogP contribution in [-0.4, -0.2) is 12.7 Å². The second kappa shape index (κ2) is 4.80. The third kappa shape index (κ3) is 2.83. The Kier molecular flexibility index (Phi) is 3.97. The summed E-state index contributed by atoms with van der Waals surface area (Å²) in [5.74, 6) is 0. The zero-order valence-electron chi connectivity index (χ0n) is 6.93. The van der Waals surface area contributed by atoms with E-state index in [0.29, 0.717) is 15.6 Å². The number of rotatable bonds is 3. The smallest absolute Gasteiger partial charge is 0.116 e. The molecule has 0 saturated carbocycles. The summed E-state index contributed by atoms with van der Waals surface area (Å²) < 4.78 is 12.9. The predicted molar refractivity (Wildman–Crippen MR) is 54.1 cm³/mol. The Bertz CT molecular complexity index is 291. The van der Waals surface area contributed by atoms with E-state index in [1.807, 2.05) is 0 Å². The van der Waals surface area contributed by atoms with Gasteiger partial charge in [0.05, 0.1) is 10.0 Å². The Labute approximate surface area is 86.6 Å². The van der Waals surface area contributed by atoms with Gasteiger partial charge >= 0.3 is 0 Å². The first-order valence-electron chi connectivity index (χ1n) is 3.92. The molecule has 2 N–H and O–H groups in total. The summed E-state index contributed by atoms with van der Waals surface area (Å²) in [6, 6.07) is 5.16. The molecule has 72 valence electrons. The molecule has 13 heavy (non-hydrogen) atoms. The van der Waals surface area contributed by atoms with Gasteiger partial charge in [-0.2, -0.15) is 0 Å². The first-order valence-corrected chi connectivity index (χ1v) is 4.67. The first kappa shape index (κ1) is 10.8. The van der Waals surface area contributed by atoms with E-state index < -0.39 is 6.17 Å². The molecule has 1 rings (SSSR count). The number of nitrogens with two attached hydrogens (primary N) is 1. The van der Waals surface area contributed by atoms with Gasteiger partial charge in [-0.1, -0.05) is 35.3 Å². The molecule has 0 heterocycles. The van der Waals surface area contributed by atoms with Gasteiger partial charge < -0.3 is 5.73 Å². The molecule has 0 saturated heterocycles. The van der Waals surface area contributed by atoms with Crippen LogP contribution in [0.1, 0.15) is 5.56 Å². The summed E-state index contributed by atoms with van der Waals surface area (Å²) in [5.41, 5.74) is 5.86. The van der Waals surface area contributed by atoms with Gasteiger partial charge in [0.1, 0.15) is 6.17 Å². The Morgan fingerprint density at radius 1 is 1.38 bits per heavy atom. The van der Waals surface area contributed by atoms with Crippen molar-refractivity contribution < 1.29 is 4.39 Å². The predicted octanol–water partition coefficient (Wildman–Crippen LogP) is 2.83. The van der Waals surface area contributed by atoms with Crippen molar-refractivity contribution in [1.82, 2.24) is 0 Å². The summed E-state index contributed by atoms with van der Waals surface area (Å²) in [7, 11) is 0. The van der Waals surface area contributed by atoms with E-state index in [2.05, 4.69) is 0 Å². The second-order valence-electron chi connectivity index (χ2n) is 2.75. The highest BCUT2D eigenvalue weighted by Crippen LogP contribution is 2.26. The lowest BCUT2D eigenvalue weighted by Crippen LogP contribution is -2.17. The number of benzene rings is 1. The molecule has 0 fully saturated rings. The van der Waals surface area contributed by atoms with Crippen LogP contribution in [-0.2, 0) is 6.42 Å². The molecule has 4 heteroatoms. The van der Waals surface area contributed by atoms with E-state index in [1.165, 1.54) is 0 Å². The fourth-order valence-electron chi connectivity index (χ4n) is 1.03. The number of alkyl halides is 1. The van der Waals surface area contributed by atoms with Crippen LogP contribution >= 0.6 is 23.2 Å². The molecule has 0 aliphatic rings. The highest BCUT2D eigenvalue weighted by Gasteiger charge is 2.09. The van der Waals surface area contributed by atoms with Crippen LogP contribution < -0.4 is 5.73 Å². The van der Waals surface area contributed by atoms with Gasteiger partial charge in [0.25, 0.3) is 0 Å². The molecule has 1 unspecified atom stereocenters. The Morgan fingerprint density at radius 2 is 2.08 bits per heavy atom. The van der Waals surface area contributed by atoms with Crippen molar-refractivity contribution in [2.45, 2.75) is 12.6 Å². The van der Waals surface area contributed by atoms with E-state index in [1.54, 1.807) is 18.2 Å². The number of hydrogen-bond acceptors (Lipinski definition) is 1. The summed E-state index contributed by atoms with van der Waals surface area (Å²) >= 11 is 11.6. The van der Waals surface area contributed by atoms with Crippen molar-refractivity contribution in [3.63, 3.8) is 0 Å². The van der Waals surface area contributed by atoms with Gasteiger partial charge in [-0.25, -0.2) is 4.39 Å². The summed E-state index contributed by atoms with van der Waals surface area (Å²) in [6.07, 6.45) is -0.841. The third-order valence-corrected chi connectivity index (χ3v) is 2.59. The van der Waals surface area contributed by atoms with Crippen molar-refractivity contribution in [3.05, 3.63) is 33.8 Å². The van der Waals surface area contributed by atoms with Crippen LogP contribution in [0.2, 0.25) is 10.0 Å². The van der Waals surface area contributed by atoms with Gasteiger partial charge in [0.2, 0.25) is 0 Å². The highest BCUT2D eigenvalue weighted by atomic mass is 35.5. The van der Waals surface area contributed by atoms with Crippen LogP contribution in [0.25, 0.3) is 0 Å². The van der Waals surface area contributed by atoms with E-state index in [9.17, 15) is 4.39 Å². The molecule has 1 atom stereocenters. The van der Waals surface area contributed by atoms with Gasteiger partial charge in [0, 0.05) is 13.0 Å². The van der Waals surface area contributed by atoms with Crippen molar-refractivity contribution in [2.24, 2.45) is 5.73 Å².